The summed E-state index contributed by atoms with van der Waals surface area (Å²) in [5, 5.41) is 19.6. The van der Waals surface area contributed by atoms with E-state index in [2.05, 4.69) is 40.6 Å². The molecule has 2 aromatic carbocycles. The average Bonchev–Trinajstić information content (AvgIpc) is 4.07. The van der Waals surface area contributed by atoms with Gasteiger partial charge in [0.1, 0.15) is 45.5 Å². The van der Waals surface area contributed by atoms with E-state index in [1.807, 2.05) is 36.7 Å². The van der Waals surface area contributed by atoms with Gasteiger partial charge in [-0.15, -0.1) is 22.7 Å². The fraction of sp³-hybridized carbons (Fsp3) is 0.333. The van der Waals surface area contributed by atoms with Crippen molar-refractivity contribution in [3.05, 3.63) is 80.1 Å². The highest BCUT2D eigenvalue weighted by atomic mass is 32.1. The zero-order valence-corrected chi connectivity index (χ0v) is 34.5. The standard InChI is InChI=1S/C22H23N5O3S.C20H18N4O3S/c1-27(30-3)22(28)12-4-5-15-18(8-12)31-21-19(15)20(24-11-25-21)26-16-6-13-9-23-10-14(13)7-17(16)29-2;1-27-15-5-12-8-21-7-11(12)4-14(15)24-18-17-13-3-2-10(20(25)26)6-16(13)28-19(17)23-9-22-18/h6-7,9,11-12H,4-5,8,10H2,1-3H3,(H,24,25,26);4-5,7,9-10H,2-3,6,8H2,1H3,(H,25,26)(H,22,23,24)/t12-;10-/m00/s1. The van der Waals surface area contributed by atoms with E-state index in [1.54, 1.807) is 56.6 Å². The molecule has 2 aliphatic carbocycles. The first-order valence-corrected chi connectivity index (χ1v) is 20.9. The van der Waals surface area contributed by atoms with Gasteiger partial charge in [-0.25, -0.2) is 25.0 Å². The number of aliphatic imine (C=N–C) groups is 2. The highest BCUT2D eigenvalue weighted by Crippen LogP contribution is 2.44. The molecule has 17 heteroatoms. The van der Waals surface area contributed by atoms with Crippen LogP contribution in [0.1, 0.15) is 56.0 Å². The zero-order chi connectivity index (χ0) is 40.8. The second-order valence-corrected chi connectivity index (χ2v) is 16.9. The molecule has 0 radical (unpaired) electrons. The number of hydroxylamine groups is 2. The van der Waals surface area contributed by atoms with Crippen molar-refractivity contribution in [1.82, 2.24) is 25.0 Å². The Kier molecular flexibility index (Phi) is 10.4. The summed E-state index contributed by atoms with van der Waals surface area (Å²) in [6.45, 7) is 1.35. The van der Waals surface area contributed by atoms with Crippen molar-refractivity contribution < 1.29 is 29.0 Å². The van der Waals surface area contributed by atoms with Gasteiger partial charge in [0, 0.05) is 35.1 Å². The van der Waals surface area contributed by atoms with Crippen molar-refractivity contribution in [2.24, 2.45) is 21.8 Å². The lowest BCUT2D eigenvalue weighted by molar-refractivity contribution is -0.173. The van der Waals surface area contributed by atoms with Gasteiger partial charge in [-0.2, -0.15) is 0 Å². The van der Waals surface area contributed by atoms with Crippen LogP contribution in [-0.4, -0.2) is 82.8 Å². The van der Waals surface area contributed by atoms with Crippen molar-refractivity contribution >= 4 is 90.4 Å². The monoisotopic (exact) mass is 831 g/mol. The van der Waals surface area contributed by atoms with Gasteiger partial charge in [-0.1, -0.05) is 0 Å². The predicted octanol–water partition coefficient (Wildman–Crippen LogP) is 7.07. The van der Waals surface area contributed by atoms with Crippen LogP contribution in [0.3, 0.4) is 0 Å². The molecule has 0 unspecified atom stereocenters. The number of methoxy groups -OCH3 is 2. The third-order valence-corrected chi connectivity index (χ3v) is 13.7. The Labute approximate surface area is 347 Å². The minimum absolute atomic E-state index is 0.0135. The molecule has 59 heavy (non-hydrogen) atoms. The number of hydrogen-bond acceptors (Lipinski definition) is 15. The summed E-state index contributed by atoms with van der Waals surface area (Å²) in [5.41, 5.74) is 8.53. The fourth-order valence-corrected chi connectivity index (χ4v) is 10.8. The van der Waals surface area contributed by atoms with Crippen molar-refractivity contribution in [2.75, 3.05) is 39.0 Å². The van der Waals surface area contributed by atoms with Crippen LogP contribution in [-0.2, 0) is 53.2 Å². The lowest BCUT2D eigenvalue weighted by Crippen LogP contribution is -2.34. The number of carboxylic acids is 1. The van der Waals surface area contributed by atoms with Crippen molar-refractivity contribution in [3.63, 3.8) is 0 Å². The van der Waals surface area contributed by atoms with E-state index in [9.17, 15) is 14.7 Å². The maximum atomic E-state index is 12.6. The number of benzene rings is 2. The number of carboxylic acid groups (broad SMARTS) is 1. The molecule has 2 atom stereocenters. The van der Waals surface area contributed by atoms with Crippen LogP contribution in [0, 0.1) is 11.8 Å². The third-order valence-electron chi connectivity index (χ3n) is 11.4. The molecule has 3 N–H and O–H groups in total. The molecule has 4 aromatic heterocycles. The number of rotatable bonds is 9. The molecule has 15 nitrogen and oxygen atoms in total. The number of carbonyl (C=O) groups is 2. The van der Waals surface area contributed by atoms with Crippen LogP contribution < -0.4 is 20.1 Å². The Morgan fingerprint density at radius 2 is 1.22 bits per heavy atom. The molecule has 0 saturated carbocycles. The summed E-state index contributed by atoms with van der Waals surface area (Å²) in [5.74, 6) is 1.88. The van der Waals surface area contributed by atoms with Crippen LogP contribution >= 0.6 is 22.7 Å². The lowest BCUT2D eigenvalue weighted by atomic mass is 9.87. The van der Waals surface area contributed by atoms with Crippen LogP contribution in [0.5, 0.6) is 11.5 Å². The summed E-state index contributed by atoms with van der Waals surface area (Å²) in [6, 6.07) is 8.10. The molecular weight excluding hydrogens is 791 g/mol. The fourth-order valence-electron chi connectivity index (χ4n) is 8.24. The molecule has 0 saturated heterocycles. The van der Waals surface area contributed by atoms with Gasteiger partial charge in [0.2, 0.25) is 5.91 Å². The van der Waals surface area contributed by atoms with Gasteiger partial charge in [0.15, 0.2) is 0 Å². The Morgan fingerprint density at radius 1 is 0.729 bits per heavy atom. The quantitative estimate of drug-likeness (QED) is 0.126. The van der Waals surface area contributed by atoms with Gasteiger partial charge in [-0.3, -0.25) is 24.4 Å². The van der Waals surface area contributed by atoms with Gasteiger partial charge >= 0.3 is 5.97 Å². The number of anilines is 4. The highest BCUT2D eigenvalue weighted by molar-refractivity contribution is 7.19. The van der Waals surface area contributed by atoms with E-state index in [1.165, 1.54) is 28.2 Å². The van der Waals surface area contributed by atoms with Crippen molar-refractivity contribution in [1.29, 1.82) is 0 Å². The summed E-state index contributed by atoms with van der Waals surface area (Å²) in [6.07, 6.45) is 11.1. The number of nitrogens with one attached hydrogen (secondary N) is 2. The molecule has 2 aliphatic heterocycles. The first kappa shape index (κ1) is 38.5. The van der Waals surface area contributed by atoms with Gasteiger partial charge in [0.05, 0.1) is 62.5 Å². The maximum Gasteiger partial charge on any atom is 0.306 e. The summed E-state index contributed by atoms with van der Waals surface area (Å²) < 4.78 is 11.2. The minimum Gasteiger partial charge on any atom is -0.495 e. The number of aromatic nitrogens is 4. The van der Waals surface area contributed by atoms with E-state index in [-0.39, 0.29) is 17.7 Å². The molecule has 10 rings (SSSR count). The lowest BCUT2D eigenvalue weighted by Gasteiger charge is -2.25. The Morgan fingerprint density at radius 3 is 1.69 bits per heavy atom. The first-order chi connectivity index (χ1) is 28.7. The summed E-state index contributed by atoms with van der Waals surface area (Å²) in [4.78, 5) is 59.8. The van der Waals surface area contributed by atoms with Crippen molar-refractivity contribution in [2.45, 2.75) is 51.6 Å². The van der Waals surface area contributed by atoms with Crippen LogP contribution in [0.2, 0.25) is 0 Å². The molecule has 4 aliphatic rings. The van der Waals surface area contributed by atoms with Crippen LogP contribution in [0.25, 0.3) is 20.4 Å². The van der Waals surface area contributed by atoms with Crippen LogP contribution in [0.4, 0.5) is 23.0 Å². The van der Waals surface area contributed by atoms with Crippen LogP contribution in [0.15, 0.2) is 46.9 Å². The zero-order valence-electron chi connectivity index (χ0n) is 32.9. The van der Waals surface area contributed by atoms with Crippen molar-refractivity contribution in [3.8, 4) is 11.5 Å². The minimum atomic E-state index is -0.725. The smallest absolute Gasteiger partial charge is 0.306 e. The Balaban J connectivity index is 0.000000153. The molecule has 1 amide bonds. The molecule has 6 aromatic rings. The van der Waals surface area contributed by atoms with E-state index >= 15 is 0 Å². The average molecular weight is 832 g/mol. The summed E-state index contributed by atoms with van der Waals surface area (Å²) >= 11 is 3.21. The SMILES string of the molecule is COc1cc2c(cc1Nc1ncnc3sc4c(c13)CC[C@H](C(=O)N(C)OC)C4)C=NC2.COc1cc2c(cc1Nc1ncnc3sc4c(c13)CC[C@H](C(=O)O)C4)C=NC2. The molecule has 302 valence electrons. The molecule has 0 bridgehead atoms. The van der Waals surface area contributed by atoms with Gasteiger partial charge in [0.25, 0.3) is 0 Å². The Hall–Kier alpha value is -6.04. The number of carbonyl (C=O) groups excluding carboxylic acids is 1. The van der Waals surface area contributed by atoms with Gasteiger partial charge in [-0.05, 0) is 96.2 Å². The van der Waals surface area contributed by atoms with E-state index in [0.29, 0.717) is 32.4 Å². The Bertz CT molecular complexity index is 2710. The summed E-state index contributed by atoms with van der Waals surface area (Å²) in [7, 11) is 6.49. The predicted molar refractivity (Wildman–Crippen MR) is 228 cm³/mol. The number of nitrogens with zero attached hydrogens (tertiary/aromatic N) is 7. The normalized spacial score (nSPS) is 17.1. The molecule has 6 heterocycles. The topological polar surface area (TPSA) is 186 Å². The van der Waals surface area contributed by atoms with E-state index in [4.69, 9.17) is 14.3 Å². The van der Waals surface area contributed by atoms with E-state index in [0.717, 1.165) is 101 Å². The number of thiophene rings is 2. The maximum absolute atomic E-state index is 12.6. The number of fused-ring (bicyclic) bond motifs is 8. The number of aliphatic carboxylic acids is 1. The number of ether oxygens (including phenoxy) is 2. The number of aryl methyl sites for hydroxylation is 2. The first-order valence-electron chi connectivity index (χ1n) is 19.2. The molecule has 0 fully saturated rings. The third kappa shape index (κ3) is 7.23. The number of hydrogen-bond donors (Lipinski definition) is 3. The van der Waals surface area contributed by atoms with E-state index < -0.39 is 5.97 Å². The number of amides is 1. The molecule has 0 spiro atoms. The van der Waals surface area contributed by atoms with Gasteiger partial charge < -0.3 is 25.2 Å². The second kappa shape index (κ2) is 16.0. The highest BCUT2D eigenvalue weighted by Gasteiger charge is 2.32. The second-order valence-electron chi connectivity index (χ2n) is 14.7. The largest absolute Gasteiger partial charge is 0.495 e. The molecular formula is C42H41N9O6S2.